The van der Waals surface area contributed by atoms with Crippen molar-refractivity contribution in [2.24, 2.45) is 0 Å². The predicted octanol–water partition coefficient (Wildman–Crippen LogP) is 3.56. The minimum Gasteiger partial charge on any atom is -0.356 e. The molecule has 0 aliphatic heterocycles. The molecule has 0 amide bonds. The Kier molecular flexibility index (Phi) is 5.35. The van der Waals surface area contributed by atoms with E-state index in [-0.39, 0.29) is 5.82 Å². The van der Waals surface area contributed by atoms with Crippen molar-refractivity contribution in [3.63, 3.8) is 0 Å². The van der Waals surface area contributed by atoms with Gasteiger partial charge in [-0.1, -0.05) is 53.4 Å². The average molecular weight is 399 g/mol. The number of nitrogens with one attached hydrogen (secondary N) is 1. The SMILES string of the molecule is Fc1ccc(CNc2nnc(SCc3nnnn3-c3ccccc3)s2)cc1. The van der Waals surface area contributed by atoms with Crippen LogP contribution in [0.5, 0.6) is 0 Å². The number of rotatable bonds is 7. The molecule has 4 rings (SSSR count). The largest absolute Gasteiger partial charge is 0.356 e. The summed E-state index contributed by atoms with van der Waals surface area (Å²) in [5.41, 5.74) is 1.89. The highest BCUT2D eigenvalue weighted by molar-refractivity contribution is 8.00. The van der Waals surface area contributed by atoms with Crippen molar-refractivity contribution in [2.45, 2.75) is 16.6 Å². The van der Waals surface area contributed by atoms with Gasteiger partial charge in [-0.25, -0.2) is 4.39 Å². The van der Waals surface area contributed by atoms with E-state index < -0.39 is 0 Å². The minimum atomic E-state index is -0.244. The zero-order valence-electron chi connectivity index (χ0n) is 14.0. The van der Waals surface area contributed by atoms with Gasteiger partial charge < -0.3 is 5.32 Å². The number of benzene rings is 2. The molecule has 0 unspecified atom stereocenters. The molecule has 10 heteroatoms. The van der Waals surface area contributed by atoms with Crippen molar-refractivity contribution >= 4 is 28.2 Å². The number of hydrogen-bond donors (Lipinski definition) is 1. The van der Waals surface area contributed by atoms with Gasteiger partial charge in [-0.15, -0.1) is 15.3 Å². The zero-order chi connectivity index (χ0) is 18.5. The summed E-state index contributed by atoms with van der Waals surface area (Å²) in [7, 11) is 0. The number of thioether (sulfide) groups is 1. The molecule has 27 heavy (non-hydrogen) atoms. The normalized spacial score (nSPS) is 10.9. The first-order chi connectivity index (χ1) is 13.3. The van der Waals surface area contributed by atoms with E-state index in [1.54, 1.807) is 16.8 Å². The van der Waals surface area contributed by atoms with Crippen molar-refractivity contribution in [3.05, 3.63) is 71.8 Å². The highest BCUT2D eigenvalue weighted by Gasteiger charge is 2.11. The van der Waals surface area contributed by atoms with E-state index in [1.807, 2.05) is 30.3 Å². The second-order valence-corrected chi connectivity index (χ2v) is 7.68. The molecule has 0 radical (unpaired) electrons. The maximum atomic E-state index is 12.9. The van der Waals surface area contributed by atoms with E-state index in [2.05, 4.69) is 31.0 Å². The maximum Gasteiger partial charge on any atom is 0.206 e. The van der Waals surface area contributed by atoms with Crippen LogP contribution in [0.2, 0.25) is 0 Å². The molecule has 0 saturated carbocycles. The zero-order valence-corrected chi connectivity index (χ0v) is 15.6. The van der Waals surface area contributed by atoms with Crippen LogP contribution in [0.15, 0.2) is 58.9 Å². The van der Waals surface area contributed by atoms with Gasteiger partial charge in [0.2, 0.25) is 5.13 Å². The Hall–Kier alpha value is -2.85. The second kappa shape index (κ2) is 8.23. The third-order valence-electron chi connectivity index (χ3n) is 3.62. The molecule has 0 spiro atoms. The molecule has 0 bridgehead atoms. The topological polar surface area (TPSA) is 81.4 Å². The monoisotopic (exact) mass is 399 g/mol. The lowest BCUT2D eigenvalue weighted by atomic mass is 10.2. The third kappa shape index (κ3) is 4.47. The predicted molar refractivity (Wildman–Crippen MR) is 102 cm³/mol. The number of hydrogen-bond acceptors (Lipinski definition) is 8. The summed E-state index contributed by atoms with van der Waals surface area (Å²) in [6.45, 7) is 0.561. The Bertz CT molecular complexity index is 1000. The molecule has 0 fully saturated rings. The number of tetrazole rings is 1. The number of aromatic nitrogens is 6. The molecule has 2 heterocycles. The van der Waals surface area contributed by atoms with Gasteiger partial charge >= 0.3 is 0 Å². The fraction of sp³-hybridized carbons (Fsp3) is 0.118. The molecular formula is C17H14FN7S2. The van der Waals surface area contributed by atoms with Crippen LogP contribution in [0.3, 0.4) is 0 Å². The van der Waals surface area contributed by atoms with E-state index in [0.717, 1.165) is 21.4 Å². The van der Waals surface area contributed by atoms with Gasteiger partial charge in [0.15, 0.2) is 10.2 Å². The van der Waals surface area contributed by atoms with Crippen LogP contribution in [0.4, 0.5) is 9.52 Å². The van der Waals surface area contributed by atoms with Gasteiger partial charge in [-0.2, -0.15) is 4.68 Å². The first-order valence-electron chi connectivity index (χ1n) is 8.05. The molecule has 2 aromatic carbocycles. The van der Waals surface area contributed by atoms with Gasteiger partial charge in [0, 0.05) is 6.54 Å². The summed E-state index contributed by atoms with van der Waals surface area (Å²) in [6.07, 6.45) is 0. The average Bonchev–Trinajstić information content (AvgIpc) is 3.36. The Labute approximate surface area is 162 Å². The molecule has 1 N–H and O–H groups in total. The molecule has 0 atom stereocenters. The highest BCUT2D eigenvalue weighted by Crippen LogP contribution is 2.28. The number of para-hydroxylation sites is 1. The van der Waals surface area contributed by atoms with Crippen molar-refractivity contribution in [2.75, 3.05) is 5.32 Å². The lowest BCUT2D eigenvalue weighted by molar-refractivity contribution is 0.627. The van der Waals surface area contributed by atoms with Gasteiger partial charge in [0.25, 0.3) is 0 Å². The van der Waals surface area contributed by atoms with Crippen molar-refractivity contribution < 1.29 is 4.39 Å². The van der Waals surface area contributed by atoms with Crippen LogP contribution in [-0.4, -0.2) is 30.4 Å². The molecule has 4 aromatic rings. The first-order valence-corrected chi connectivity index (χ1v) is 9.85. The lowest BCUT2D eigenvalue weighted by Crippen LogP contribution is -2.01. The summed E-state index contributed by atoms with van der Waals surface area (Å²) < 4.78 is 15.5. The van der Waals surface area contributed by atoms with E-state index >= 15 is 0 Å². The maximum absolute atomic E-state index is 12.9. The Morgan fingerprint density at radius 2 is 1.81 bits per heavy atom. The van der Waals surface area contributed by atoms with Crippen LogP contribution in [0.25, 0.3) is 5.69 Å². The minimum absolute atomic E-state index is 0.244. The quantitative estimate of drug-likeness (QED) is 0.476. The van der Waals surface area contributed by atoms with Gasteiger partial charge in [-0.05, 0) is 40.3 Å². The Morgan fingerprint density at radius 3 is 2.63 bits per heavy atom. The van der Waals surface area contributed by atoms with Crippen molar-refractivity contribution in [1.29, 1.82) is 0 Å². The van der Waals surface area contributed by atoms with Gasteiger partial charge in [-0.3, -0.25) is 0 Å². The van der Waals surface area contributed by atoms with Gasteiger partial charge in [0.1, 0.15) is 5.82 Å². The third-order valence-corrected chi connectivity index (χ3v) is 5.63. The number of anilines is 1. The number of nitrogens with zero attached hydrogens (tertiary/aromatic N) is 6. The fourth-order valence-electron chi connectivity index (χ4n) is 2.31. The van der Waals surface area contributed by atoms with Crippen LogP contribution >= 0.6 is 23.1 Å². The summed E-state index contributed by atoms with van der Waals surface area (Å²) >= 11 is 2.98. The van der Waals surface area contributed by atoms with E-state index in [1.165, 1.54) is 35.2 Å². The highest BCUT2D eigenvalue weighted by atomic mass is 32.2. The Morgan fingerprint density at radius 1 is 1.00 bits per heavy atom. The first kappa shape index (κ1) is 17.6. The van der Waals surface area contributed by atoms with E-state index in [4.69, 9.17) is 0 Å². The van der Waals surface area contributed by atoms with Crippen LogP contribution in [0.1, 0.15) is 11.4 Å². The summed E-state index contributed by atoms with van der Waals surface area (Å²) in [6, 6.07) is 16.1. The van der Waals surface area contributed by atoms with Crippen LogP contribution in [0, 0.1) is 5.82 Å². The molecule has 0 aliphatic rings. The van der Waals surface area contributed by atoms with Crippen LogP contribution < -0.4 is 5.32 Å². The summed E-state index contributed by atoms with van der Waals surface area (Å²) in [5, 5.41) is 24.1. The molecule has 0 aliphatic carbocycles. The molecule has 136 valence electrons. The molecule has 0 saturated heterocycles. The smallest absolute Gasteiger partial charge is 0.206 e. The van der Waals surface area contributed by atoms with E-state index in [0.29, 0.717) is 17.4 Å². The van der Waals surface area contributed by atoms with Crippen LogP contribution in [-0.2, 0) is 12.3 Å². The molecule has 7 nitrogen and oxygen atoms in total. The Balaban J connectivity index is 1.35. The second-order valence-electron chi connectivity index (χ2n) is 5.48. The van der Waals surface area contributed by atoms with Gasteiger partial charge in [0.05, 0.1) is 11.4 Å². The lowest BCUT2D eigenvalue weighted by Gasteiger charge is -2.02. The number of halogens is 1. The molecule has 2 aromatic heterocycles. The van der Waals surface area contributed by atoms with Crippen molar-refractivity contribution in [1.82, 2.24) is 30.4 Å². The van der Waals surface area contributed by atoms with E-state index in [9.17, 15) is 4.39 Å². The summed E-state index contributed by atoms with van der Waals surface area (Å²) in [4.78, 5) is 0. The fourth-order valence-corrected chi connectivity index (χ4v) is 3.96. The summed E-state index contributed by atoms with van der Waals surface area (Å²) in [5.74, 6) is 1.07. The van der Waals surface area contributed by atoms with Crippen molar-refractivity contribution in [3.8, 4) is 5.69 Å². The standard InChI is InChI=1S/C17H14FN7S2/c18-13-8-6-12(7-9-13)10-19-16-21-22-17(27-16)26-11-15-20-23-24-25(15)14-4-2-1-3-5-14/h1-9H,10-11H2,(H,19,21). The molecular weight excluding hydrogens is 385 g/mol.